The summed E-state index contributed by atoms with van der Waals surface area (Å²) in [5.74, 6) is 5.67. The van der Waals surface area contributed by atoms with Crippen molar-refractivity contribution in [1.29, 1.82) is 0 Å². The predicted octanol–water partition coefficient (Wildman–Crippen LogP) is 2.69. The number of ether oxygens (including phenoxy) is 1. The first-order valence-corrected chi connectivity index (χ1v) is 7.15. The molecule has 2 atom stereocenters. The van der Waals surface area contributed by atoms with Crippen LogP contribution in [0, 0.1) is 5.92 Å². The van der Waals surface area contributed by atoms with Crippen molar-refractivity contribution in [1.82, 2.24) is 4.90 Å². The number of rotatable bonds is 4. The second-order valence-corrected chi connectivity index (χ2v) is 6.46. The first kappa shape index (κ1) is 16.2. The highest BCUT2D eigenvalue weighted by Crippen LogP contribution is 2.23. The molecule has 1 fully saturated rings. The van der Waals surface area contributed by atoms with Gasteiger partial charge in [0.2, 0.25) is 0 Å². The summed E-state index contributed by atoms with van der Waals surface area (Å²) in [5.41, 5.74) is -0.425. The van der Waals surface area contributed by atoms with E-state index in [0.29, 0.717) is 5.92 Å². The predicted molar refractivity (Wildman–Crippen MR) is 74.5 cm³/mol. The van der Waals surface area contributed by atoms with Crippen molar-refractivity contribution in [3.05, 3.63) is 0 Å². The summed E-state index contributed by atoms with van der Waals surface area (Å²) in [4.78, 5) is 18.6. The van der Waals surface area contributed by atoms with Crippen molar-refractivity contribution in [3.8, 4) is 0 Å². The molecule has 5 nitrogen and oxygen atoms in total. The average molecular weight is 272 g/mol. The van der Waals surface area contributed by atoms with E-state index < -0.39 is 5.60 Å². The highest BCUT2D eigenvalue weighted by molar-refractivity contribution is 5.68. The average Bonchev–Trinajstić information content (AvgIpc) is 2.34. The van der Waals surface area contributed by atoms with Crippen LogP contribution in [-0.4, -0.2) is 35.8 Å². The Labute approximate surface area is 116 Å². The number of carbonyl (C=O) groups is 1. The Kier molecular flexibility index (Phi) is 6.07. The van der Waals surface area contributed by atoms with Gasteiger partial charge in [-0.05, 0) is 59.3 Å². The van der Waals surface area contributed by atoms with Crippen LogP contribution in [0.3, 0.4) is 0 Å². The number of likely N-dealkylation sites (tertiary alicyclic amines) is 1. The molecule has 0 spiro atoms. The first-order valence-electron chi connectivity index (χ1n) is 7.15. The van der Waals surface area contributed by atoms with Crippen molar-refractivity contribution in [3.63, 3.8) is 0 Å². The van der Waals surface area contributed by atoms with Gasteiger partial charge in [-0.3, -0.25) is 0 Å². The molecule has 0 aromatic carbocycles. The van der Waals surface area contributed by atoms with E-state index in [4.69, 9.17) is 15.5 Å². The van der Waals surface area contributed by atoms with E-state index in [1.807, 2.05) is 32.6 Å². The molecule has 0 bridgehead atoms. The zero-order chi connectivity index (χ0) is 14.5. The fraction of sp³-hybridized carbons (Fsp3) is 0.929. The second kappa shape index (κ2) is 7.10. The molecule has 1 amide bonds. The van der Waals surface area contributed by atoms with E-state index in [9.17, 15) is 4.79 Å². The third kappa shape index (κ3) is 6.25. The van der Waals surface area contributed by atoms with Gasteiger partial charge in [0.05, 0.1) is 6.10 Å². The minimum absolute atomic E-state index is 0.0805. The molecule has 2 N–H and O–H groups in total. The zero-order valence-corrected chi connectivity index (χ0v) is 12.6. The van der Waals surface area contributed by atoms with Crippen LogP contribution in [-0.2, 0) is 9.57 Å². The van der Waals surface area contributed by atoms with Crippen molar-refractivity contribution in [2.45, 2.75) is 65.1 Å². The number of nitrogens with two attached hydrogens (primary N) is 1. The topological polar surface area (TPSA) is 64.8 Å². The van der Waals surface area contributed by atoms with Gasteiger partial charge in [-0.25, -0.2) is 10.7 Å². The Morgan fingerprint density at radius 1 is 1.47 bits per heavy atom. The Bertz CT molecular complexity index is 289. The summed E-state index contributed by atoms with van der Waals surface area (Å²) in [6.07, 6.45) is 4.07. The quantitative estimate of drug-likeness (QED) is 0.799. The minimum atomic E-state index is -0.425. The van der Waals surface area contributed by atoms with E-state index in [0.717, 1.165) is 38.8 Å². The molecule has 5 heteroatoms. The van der Waals surface area contributed by atoms with Gasteiger partial charge in [0.1, 0.15) is 5.60 Å². The molecule has 1 rings (SSSR count). The van der Waals surface area contributed by atoms with E-state index in [1.54, 1.807) is 0 Å². The summed E-state index contributed by atoms with van der Waals surface area (Å²) in [6, 6.07) is 0. The molecule has 19 heavy (non-hydrogen) atoms. The zero-order valence-electron chi connectivity index (χ0n) is 12.6. The molecule has 0 aliphatic carbocycles. The van der Waals surface area contributed by atoms with Gasteiger partial charge < -0.3 is 14.5 Å². The number of nitrogens with zero attached hydrogens (tertiary/aromatic N) is 1. The lowest BCUT2D eigenvalue weighted by molar-refractivity contribution is 0.0139. The maximum absolute atomic E-state index is 12.0. The molecule has 1 saturated heterocycles. The van der Waals surface area contributed by atoms with Crippen LogP contribution in [0.1, 0.15) is 53.4 Å². The maximum Gasteiger partial charge on any atom is 0.410 e. The monoisotopic (exact) mass is 272 g/mol. The second-order valence-electron chi connectivity index (χ2n) is 6.46. The summed E-state index contributed by atoms with van der Waals surface area (Å²) in [5, 5.41) is 0. The van der Waals surface area contributed by atoms with Crippen LogP contribution in [0.15, 0.2) is 0 Å². The van der Waals surface area contributed by atoms with Gasteiger partial charge in [0.15, 0.2) is 0 Å². The lowest BCUT2D eigenvalue weighted by Gasteiger charge is -2.34. The molecule has 1 aliphatic rings. The SMILES string of the molecule is CC(CCC1CCCN(C(=O)OC(C)(C)C)C1)ON. The van der Waals surface area contributed by atoms with Crippen LogP contribution < -0.4 is 5.90 Å². The molecule has 112 valence electrons. The van der Waals surface area contributed by atoms with Gasteiger partial charge in [-0.2, -0.15) is 0 Å². The molecule has 0 aromatic heterocycles. The molecule has 2 unspecified atom stereocenters. The molecule has 0 aromatic rings. The highest BCUT2D eigenvalue weighted by atomic mass is 16.6. The van der Waals surface area contributed by atoms with Crippen LogP contribution in [0.4, 0.5) is 4.79 Å². The first-order chi connectivity index (χ1) is 8.81. The maximum atomic E-state index is 12.0. The van der Waals surface area contributed by atoms with E-state index in [2.05, 4.69) is 0 Å². The van der Waals surface area contributed by atoms with Gasteiger partial charge in [0.25, 0.3) is 0 Å². The number of amides is 1. The van der Waals surface area contributed by atoms with Crippen LogP contribution in [0.25, 0.3) is 0 Å². The molecular weight excluding hydrogens is 244 g/mol. The van der Waals surface area contributed by atoms with E-state index in [1.165, 1.54) is 0 Å². The summed E-state index contributed by atoms with van der Waals surface area (Å²) in [6.45, 7) is 9.24. The smallest absolute Gasteiger partial charge is 0.410 e. The fourth-order valence-electron chi connectivity index (χ4n) is 2.33. The van der Waals surface area contributed by atoms with Gasteiger partial charge in [-0.1, -0.05) is 0 Å². The Morgan fingerprint density at radius 3 is 2.74 bits per heavy atom. The lowest BCUT2D eigenvalue weighted by atomic mass is 9.92. The molecule has 0 radical (unpaired) electrons. The lowest BCUT2D eigenvalue weighted by Crippen LogP contribution is -2.43. The standard InChI is InChI=1S/C14H28N2O3/c1-11(19-15)7-8-12-6-5-9-16(10-12)13(17)18-14(2,3)4/h11-12H,5-10,15H2,1-4H3. The van der Waals surface area contributed by atoms with Gasteiger partial charge in [-0.15, -0.1) is 0 Å². The van der Waals surface area contributed by atoms with Gasteiger partial charge in [0, 0.05) is 13.1 Å². The fourth-order valence-corrected chi connectivity index (χ4v) is 2.33. The Morgan fingerprint density at radius 2 is 2.16 bits per heavy atom. The van der Waals surface area contributed by atoms with Crippen molar-refractivity contribution < 1.29 is 14.4 Å². The number of hydrogen-bond donors (Lipinski definition) is 1. The van der Waals surface area contributed by atoms with E-state index >= 15 is 0 Å². The summed E-state index contributed by atoms with van der Waals surface area (Å²) >= 11 is 0. The Balaban J connectivity index is 2.39. The molecular formula is C14H28N2O3. The third-order valence-corrected chi connectivity index (χ3v) is 3.38. The normalized spacial score (nSPS) is 22.2. The van der Waals surface area contributed by atoms with E-state index in [-0.39, 0.29) is 12.2 Å². The number of carbonyl (C=O) groups excluding carboxylic acids is 1. The molecule has 1 heterocycles. The minimum Gasteiger partial charge on any atom is -0.444 e. The van der Waals surface area contributed by atoms with Crippen molar-refractivity contribution in [2.24, 2.45) is 11.8 Å². The number of hydrogen-bond acceptors (Lipinski definition) is 4. The largest absolute Gasteiger partial charge is 0.444 e. The summed E-state index contributed by atoms with van der Waals surface area (Å²) < 4.78 is 5.41. The molecule has 0 saturated carbocycles. The summed E-state index contributed by atoms with van der Waals surface area (Å²) in [7, 11) is 0. The third-order valence-electron chi connectivity index (χ3n) is 3.38. The van der Waals surface area contributed by atoms with Gasteiger partial charge >= 0.3 is 6.09 Å². The van der Waals surface area contributed by atoms with Crippen LogP contribution in [0.5, 0.6) is 0 Å². The number of piperidine rings is 1. The van der Waals surface area contributed by atoms with Crippen LogP contribution in [0.2, 0.25) is 0 Å². The van der Waals surface area contributed by atoms with Crippen molar-refractivity contribution in [2.75, 3.05) is 13.1 Å². The van der Waals surface area contributed by atoms with Crippen molar-refractivity contribution >= 4 is 6.09 Å². The molecule has 1 aliphatic heterocycles. The highest BCUT2D eigenvalue weighted by Gasteiger charge is 2.27. The van der Waals surface area contributed by atoms with Crippen LogP contribution >= 0.6 is 0 Å². The Hall–Kier alpha value is -0.810.